The zero-order valence-electron chi connectivity index (χ0n) is 10.8. The second-order valence-corrected chi connectivity index (χ2v) is 5.24. The van der Waals surface area contributed by atoms with Crippen LogP contribution in [0.5, 0.6) is 0 Å². The van der Waals surface area contributed by atoms with Gasteiger partial charge in [0, 0.05) is 23.0 Å². The summed E-state index contributed by atoms with van der Waals surface area (Å²) in [6.07, 6.45) is 5.70. The van der Waals surface area contributed by atoms with Gasteiger partial charge in [-0.25, -0.2) is 0 Å². The Morgan fingerprint density at radius 3 is 2.89 bits per heavy atom. The molecule has 4 N–H and O–H groups in total. The highest BCUT2D eigenvalue weighted by atomic mass is 16.3. The maximum atomic E-state index is 10.0. The number of aromatic nitrogens is 1. The lowest BCUT2D eigenvalue weighted by atomic mass is 9.92. The summed E-state index contributed by atoms with van der Waals surface area (Å²) in [6.45, 7) is 0. The molecule has 1 aromatic heterocycles. The number of nitrogens with two attached hydrogens (primary N) is 1. The van der Waals surface area contributed by atoms with Gasteiger partial charge in [-0.3, -0.25) is 4.98 Å². The normalized spacial score (nSPS) is 23.4. The van der Waals surface area contributed by atoms with E-state index in [2.05, 4.69) is 10.3 Å². The predicted molar refractivity (Wildman–Crippen MR) is 78.0 cm³/mol. The van der Waals surface area contributed by atoms with E-state index < -0.39 is 0 Å². The first-order valence-electron chi connectivity index (χ1n) is 6.83. The van der Waals surface area contributed by atoms with E-state index in [0.29, 0.717) is 0 Å². The fourth-order valence-corrected chi connectivity index (χ4v) is 2.77. The molecule has 2 atom stereocenters. The Bertz CT molecular complexity index is 585. The van der Waals surface area contributed by atoms with Gasteiger partial charge in [-0.1, -0.05) is 12.8 Å². The zero-order chi connectivity index (χ0) is 13.2. The number of aliphatic hydroxyl groups is 1. The molecule has 0 radical (unpaired) electrons. The Kier molecular flexibility index (Phi) is 3.25. The van der Waals surface area contributed by atoms with E-state index in [-0.39, 0.29) is 12.1 Å². The number of hydrogen-bond donors (Lipinski definition) is 3. The SMILES string of the molecule is Nc1ccc2c(NC3CCCCC3O)ccnc2c1. The molecule has 0 bridgehead atoms. The number of hydrogen-bond acceptors (Lipinski definition) is 4. The van der Waals surface area contributed by atoms with E-state index >= 15 is 0 Å². The summed E-state index contributed by atoms with van der Waals surface area (Å²) in [5.74, 6) is 0. The molecule has 0 aliphatic heterocycles. The van der Waals surface area contributed by atoms with E-state index in [1.54, 1.807) is 6.20 Å². The highest BCUT2D eigenvalue weighted by Gasteiger charge is 2.23. The van der Waals surface area contributed by atoms with Crippen LogP contribution >= 0.6 is 0 Å². The number of fused-ring (bicyclic) bond motifs is 1. The van der Waals surface area contributed by atoms with Crippen LogP contribution in [-0.4, -0.2) is 22.2 Å². The second kappa shape index (κ2) is 5.05. The van der Waals surface area contributed by atoms with Crippen molar-refractivity contribution in [2.75, 3.05) is 11.1 Å². The van der Waals surface area contributed by atoms with Crippen LogP contribution in [0.2, 0.25) is 0 Å². The predicted octanol–water partition coefficient (Wildman–Crippen LogP) is 2.53. The fraction of sp³-hybridized carbons (Fsp3) is 0.400. The molecule has 2 unspecified atom stereocenters. The lowest BCUT2D eigenvalue weighted by Crippen LogP contribution is -2.36. The molecule has 1 saturated carbocycles. The molecule has 1 heterocycles. The van der Waals surface area contributed by atoms with Crippen molar-refractivity contribution in [3.63, 3.8) is 0 Å². The van der Waals surface area contributed by atoms with Crippen LogP contribution in [0.25, 0.3) is 10.9 Å². The highest BCUT2D eigenvalue weighted by Crippen LogP contribution is 2.27. The van der Waals surface area contributed by atoms with E-state index in [1.165, 1.54) is 6.42 Å². The van der Waals surface area contributed by atoms with E-state index in [1.807, 2.05) is 24.3 Å². The monoisotopic (exact) mass is 257 g/mol. The summed E-state index contributed by atoms with van der Waals surface area (Å²) >= 11 is 0. The van der Waals surface area contributed by atoms with Gasteiger partial charge >= 0.3 is 0 Å². The van der Waals surface area contributed by atoms with Gasteiger partial charge in [-0.2, -0.15) is 0 Å². The molecular formula is C15H19N3O. The molecule has 0 spiro atoms. The van der Waals surface area contributed by atoms with Crippen LogP contribution in [0.1, 0.15) is 25.7 Å². The summed E-state index contributed by atoms with van der Waals surface area (Å²) in [5, 5.41) is 14.6. The number of nitrogens with zero attached hydrogens (tertiary/aromatic N) is 1. The molecule has 4 nitrogen and oxygen atoms in total. The minimum atomic E-state index is -0.259. The molecular weight excluding hydrogens is 238 g/mol. The Morgan fingerprint density at radius 2 is 2.05 bits per heavy atom. The Labute approximate surface area is 112 Å². The molecule has 2 aromatic rings. The molecule has 19 heavy (non-hydrogen) atoms. The maximum absolute atomic E-state index is 10.0. The topological polar surface area (TPSA) is 71.2 Å². The highest BCUT2D eigenvalue weighted by molar-refractivity contribution is 5.92. The van der Waals surface area contributed by atoms with Crippen molar-refractivity contribution in [3.8, 4) is 0 Å². The second-order valence-electron chi connectivity index (χ2n) is 5.24. The minimum absolute atomic E-state index is 0.136. The summed E-state index contributed by atoms with van der Waals surface area (Å²) in [7, 11) is 0. The zero-order valence-corrected chi connectivity index (χ0v) is 10.8. The Balaban J connectivity index is 1.92. The molecule has 100 valence electrons. The van der Waals surface area contributed by atoms with Gasteiger partial charge in [0.05, 0.1) is 17.7 Å². The summed E-state index contributed by atoms with van der Waals surface area (Å²) < 4.78 is 0. The van der Waals surface area contributed by atoms with Crippen molar-refractivity contribution < 1.29 is 5.11 Å². The van der Waals surface area contributed by atoms with Crippen molar-refractivity contribution in [2.24, 2.45) is 0 Å². The maximum Gasteiger partial charge on any atom is 0.0743 e. The van der Waals surface area contributed by atoms with Gasteiger partial charge in [0.25, 0.3) is 0 Å². The van der Waals surface area contributed by atoms with Crippen LogP contribution in [0.15, 0.2) is 30.5 Å². The molecule has 1 aliphatic carbocycles. The van der Waals surface area contributed by atoms with Crippen molar-refractivity contribution >= 4 is 22.3 Å². The number of anilines is 2. The molecule has 4 heteroatoms. The quantitative estimate of drug-likeness (QED) is 0.723. The van der Waals surface area contributed by atoms with Crippen LogP contribution in [0.3, 0.4) is 0 Å². The molecule has 0 amide bonds. The van der Waals surface area contributed by atoms with E-state index in [9.17, 15) is 5.11 Å². The fourth-order valence-electron chi connectivity index (χ4n) is 2.77. The standard InChI is InChI=1S/C15H19N3O/c16-10-5-6-11-12(7-8-17-14(11)9-10)18-13-3-1-2-4-15(13)19/h5-9,13,15,19H,1-4,16H2,(H,17,18). The average molecular weight is 257 g/mol. The van der Waals surface area contributed by atoms with Crippen LogP contribution < -0.4 is 11.1 Å². The smallest absolute Gasteiger partial charge is 0.0743 e. The lowest BCUT2D eigenvalue weighted by Gasteiger charge is -2.29. The van der Waals surface area contributed by atoms with Gasteiger partial charge in [0.2, 0.25) is 0 Å². The summed E-state index contributed by atoms with van der Waals surface area (Å²) in [5.41, 5.74) is 8.41. The van der Waals surface area contributed by atoms with E-state index in [4.69, 9.17) is 5.73 Å². The first-order chi connectivity index (χ1) is 9.24. The van der Waals surface area contributed by atoms with Crippen molar-refractivity contribution in [2.45, 2.75) is 37.8 Å². The molecule has 1 aromatic carbocycles. The molecule has 1 fully saturated rings. The third kappa shape index (κ3) is 2.49. The average Bonchev–Trinajstić information content (AvgIpc) is 2.41. The number of nitrogens with one attached hydrogen (secondary N) is 1. The molecule has 1 aliphatic rings. The molecule has 0 saturated heterocycles. The largest absolute Gasteiger partial charge is 0.399 e. The number of nitrogen functional groups attached to an aromatic ring is 1. The third-order valence-electron chi connectivity index (χ3n) is 3.84. The van der Waals surface area contributed by atoms with Crippen molar-refractivity contribution in [3.05, 3.63) is 30.5 Å². The van der Waals surface area contributed by atoms with Crippen LogP contribution in [0.4, 0.5) is 11.4 Å². The number of pyridine rings is 1. The Hall–Kier alpha value is -1.81. The van der Waals surface area contributed by atoms with Gasteiger partial charge in [0.1, 0.15) is 0 Å². The summed E-state index contributed by atoms with van der Waals surface area (Å²) in [4.78, 5) is 4.33. The number of rotatable bonds is 2. The Morgan fingerprint density at radius 1 is 1.21 bits per heavy atom. The number of benzene rings is 1. The van der Waals surface area contributed by atoms with Crippen LogP contribution in [0, 0.1) is 0 Å². The third-order valence-corrected chi connectivity index (χ3v) is 3.84. The first kappa shape index (κ1) is 12.2. The molecule has 3 rings (SSSR count). The van der Waals surface area contributed by atoms with Crippen LogP contribution in [-0.2, 0) is 0 Å². The van der Waals surface area contributed by atoms with Crippen molar-refractivity contribution in [1.29, 1.82) is 0 Å². The lowest BCUT2D eigenvalue weighted by molar-refractivity contribution is 0.116. The van der Waals surface area contributed by atoms with E-state index in [0.717, 1.165) is 41.5 Å². The van der Waals surface area contributed by atoms with Gasteiger partial charge < -0.3 is 16.2 Å². The van der Waals surface area contributed by atoms with Gasteiger partial charge in [-0.05, 0) is 37.1 Å². The first-order valence-corrected chi connectivity index (χ1v) is 6.83. The minimum Gasteiger partial charge on any atom is -0.399 e. The van der Waals surface area contributed by atoms with Gasteiger partial charge in [0.15, 0.2) is 0 Å². The number of aliphatic hydroxyl groups excluding tert-OH is 1. The van der Waals surface area contributed by atoms with Crippen molar-refractivity contribution in [1.82, 2.24) is 4.98 Å². The van der Waals surface area contributed by atoms with Gasteiger partial charge in [-0.15, -0.1) is 0 Å². The summed E-state index contributed by atoms with van der Waals surface area (Å²) in [6, 6.07) is 7.83.